The molecule has 0 aliphatic carbocycles. The maximum Gasteiger partial charge on any atom is 0.254 e. The fourth-order valence-corrected chi connectivity index (χ4v) is 3.17. The van der Waals surface area contributed by atoms with Crippen molar-refractivity contribution in [3.63, 3.8) is 0 Å². The fourth-order valence-electron chi connectivity index (χ4n) is 3.17. The van der Waals surface area contributed by atoms with E-state index in [0.29, 0.717) is 23.7 Å². The highest BCUT2D eigenvalue weighted by Crippen LogP contribution is 2.38. The van der Waals surface area contributed by atoms with Crippen LogP contribution in [0.4, 0.5) is 0 Å². The molecule has 2 aromatic carbocycles. The predicted octanol–water partition coefficient (Wildman–Crippen LogP) is 3.62. The van der Waals surface area contributed by atoms with Gasteiger partial charge in [-0.25, -0.2) is 0 Å². The van der Waals surface area contributed by atoms with Crippen molar-refractivity contribution in [2.45, 2.75) is 18.9 Å². The van der Waals surface area contributed by atoms with Crippen molar-refractivity contribution >= 4 is 18.1 Å². The molecule has 0 spiro atoms. The van der Waals surface area contributed by atoms with Gasteiger partial charge in [-0.3, -0.25) is 4.79 Å². The van der Waals surface area contributed by atoms with Crippen molar-refractivity contribution in [1.82, 2.24) is 0 Å². The summed E-state index contributed by atoms with van der Waals surface area (Å²) in [6, 6.07) is 11.3. The van der Waals surface area contributed by atoms with Gasteiger partial charge in [0.2, 0.25) is 5.75 Å². The van der Waals surface area contributed by atoms with E-state index in [2.05, 4.69) is 0 Å². The van der Waals surface area contributed by atoms with E-state index < -0.39 is 11.5 Å². The first-order chi connectivity index (χ1) is 13.4. The summed E-state index contributed by atoms with van der Waals surface area (Å²) >= 11 is 0. The number of carbonyl (C=O) groups is 1. The second kappa shape index (κ2) is 9.28. The Hall–Kier alpha value is -2.99. The summed E-state index contributed by atoms with van der Waals surface area (Å²) in [6.07, 6.45) is 4.30. The molecule has 0 bridgehead atoms. The molecule has 0 radical (unpaired) electrons. The highest BCUT2D eigenvalue weighted by atomic mass is 16.5. The van der Waals surface area contributed by atoms with Gasteiger partial charge in [0.15, 0.2) is 17.1 Å². The number of hydrogen-bond donors (Lipinski definition) is 1. The van der Waals surface area contributed by atoms with Gasteiger partial charge in [-0.05, 0) is 41.3 Å². The molecular formula is C22H27NO5. The number of primary amides is 1. The van der Waals surface area contributed by atoms with Crippen LogP contribution in [0.5, 0.6) is 17.2 Å². The number of methoxy groups -OCH3 is 4. The molecule has 0 aliphatic heterocycles. The zero-order valence-electron chi connectivity index (χ0n) is 16.9. The number of hydrogen-bond acceptors (Lipinski definition) is 5. The van der Waals surface area contributed by atoms with Crippen molar-refractivity contribution in [2.75, 3.05) is 28.4 Å². The minimum atomic E-state index is -1.14. The highest BCUT2D eigenvalue weighted by molar-refractivity contribution is 5.85. The maximum atomic E-state index is 12.0. The lowest BCUT2D eigenvalue weighted by molar-refractivity contribution is -0.141. The summed E-state index contributed by atoms with van der Waals surface area (Å²) in [5.74, 6) is 1.18. The van der Waals surface area contributed by atoms with Gasteiger partial charge >= 0.3 is 0 Å². The molecule has 150 valence electrons. The van der Waals surface area contributed by atoms with Crippen LogP contribution in [0.25, 0.3) is 12.2 Å². The molecule has 0 saturated heterocycles. The molecule has 2 aromatic rings. The van der Waals surface area contributed by atoms with E-state index >= 15 is 0 Å². The molecule has 0 saturated carbocycles. The molecule has 2 N–H and O–H groups in total. The van der Waals surface area contributed by atoms with Gasteiger partial charge in [-0.15, -0.1) is 0 Å². The first-order valence-corrected chi connectivity index (χ1v) is 8.89. The number of ether oxygens (including phenoxy) is 4. The Balaban J connectivity index is 2.42. The molecular weight excluding hydrogens is 358 g/mol. The first-order valence-electron chi connectivity index (χ1n) is 8.89. The van der Waals surface area contributed by atoms with Crippen LogP contribution in [-0.2, 0) is 15.1 Å². The van der Waals surface area contributed by atoms with Crippen molar-refractivity contribution in [1.29, 1.82) is 0 Å². The van der Waals surface area contributed by atoms with Crippen LogP contribution in [-0.4, -0.2) is 34.3 Å². The van der Waals surface area contributed by atoms with Gasteiger partial charge in [-0.1, -0.05) is 37.3 Å². The second-order valence-corrected chi connectivity index (χ2v) is 6.17. The number of rotatable bonds is 9. The van der Waals surface area contributed by atoms with Crippen LogP contribution in [0.2, 0.25) is 0 Å². The van der Waals surface area contributed by atoms with Gasteiger partial charge in [0.05, 0.1) is 21.3 Å². The van der Waals surface area contributed by atoms with Gasteiger partial charge in [0.25, 0.3) is 5.91 Å². The number of benzene rings is 2. The summed E-state index contributed by atoms with van der Waals surface area (Å²) in [5, 5.41) is 0. The van der Waals surface area contributed by atoms with Crippen molar-refractivity contribution in [3.05, 3.63) is 53.1 Å². The van der Waals surface area contributed by atoms with E-state index in [-0.39, 0.29) is 0 Å². The van der Waals surface area contributed by atoms with Gasteiger partial charge in [0, 0.05) is 7.11 Å². The molecule has 28 heavy (non-hydrogen) atoms. The smallest absolute Gasteiger partial charge is 0.254 e. The number of amides is 1. The fraction of sp³-hybridized carbons (Fsp3) is 0.318. The highest BCUT2D eigenvalue weighted by Gasteiger charge is 2.36. The zero-order valence-corrected chi connectivity index (χ0v) is 16.9. The third kappa shape index (κ3) is 4.12. The second-order valence-electron chi connectivity index (χ2n) is 6.17. The Morgan fingerprint density at radius 3 is 2.04 bits per heavy atom. The molecule has 6 heteroatoms. The third-order valence-electron chi connectivity index (χ3n) is 4.75. The van der Waals surface area contributed by atoms with Crippen molar-refractivity contribution in [3.8, 4) is 17.2 Å². The first kappa shape index (κ1) is 21.3. The van der Waals surface area contributed by atoms with Crippen molar-refractivity contribution < 1.29 is 23.7 Å². The van der Waals surface area contributed by atoms with Crippen LogP contribution in [0.1, 0.15) is 30.0 Å². The number of nitrogens with two attached hydrogens (primary N) is 1. The zero-order chi connectivity index (χ0) is 20.7. The van der Waals surface area contributed by atoms with Crippen LogP contribution < -0.4 is 19.9 Å². The van der Waals surface area contributed by atoms with Crippen molar-refractivity contribution in [2.24, 2.45) is 5.73 Å². The maximum absolute atomic E-state index is 12.0. The van der Waals surface area contributed by atoms with E-state index in [1.165, 1.54) is 7.11 Å². The SMILES string of the molecule is CCC(OC)(C(N)=O)c1cccc(/C=C\c2cc(OC)c(OC)c(OC)c2)c1. The molecule has 1 atom stereocenters. The summed E-state index contributed by atoms with van der Waals surface area (Å²) < 4.78 is 21.6. The van der Waals surface area contributed by atoms with E-state index in [1.54, 1.807) is 21.3 Å². The van der Waals surface area contributed by atoms with Gasteiger partial charge in [-0.2, -0.15) is 0 Å². The Labute approximate surface area is 165 Å². The van der Waals surface area contributed by atoms with Gasteiger partial charge in [0.1, 0.15) is 0 Å². The minimum Gasteiger partial charge on any atom is -0.493 e. The molecule has 1 amide bonds. The van der Waals surface area contributed by atoms with Crippen LogP contribution >= 0.6 is 0 Å². The normalized spacial score (nSPS) is 13.2. The van der Waals surface area contributed by atoms with E-state index in [1.807, 2.05) is 55.5 Å². The predicted molar refractivity (Wildman–Crippen MR) is 110 cm³/mol. The average molecular weight is 385 g/mol. The molecule has 0 heterocycles. The molecule has 0 aliphatic rings. The molecule has 6 nitrogen and oxygen atoms in total. The molecule has 2 rings (SSSR count). The summed E-state index contributed by atoms with van der Waals surface area (Å²) in [7, 11) is 6.21. The molecule has 0 fully saturated rings. The Morgan fingerprint density at radius 1 is 0.964 bits per heavy atom. The Morgan fingerprint density at radius 2 is 1.57 bits per heavy atom. The molecule has 0 aromatic heterocycles. The lowest BCUT2D eigenvalue weighted by Crippen LogP contribution is -2.42. The van der Waals surface area contributed by atoms with Crippen LogP contribution in [0, 0.1) is 0 Å². The third-order valence-corrected chi connectivity index (χ3v) is 4.75. The van der Waals surface area contributed by atoms with Crippen LogP contribution in [0.3, 0.4) is 0 Å². The largest absolute Gasteiger partial charge is 0.493 e. The summed E-state index contributed by atoms with van der Waals surface area (Å²) in [6.45, 7) is 1.87. The number of carbonyl (C=O) groups excluding carboxylic acids is 1. The average Bonchev–Trinajstić information content (AvgIpc) is 2.72. The molecule has 1 unspecified atom stereocenters. The Kier molecular flexibility index (Phi) is 7.06. The summed E-state index contributed by atoms with van der Waals surface area (Å²) in [4.78, 5) is 12.0. The van der Waals surface area contributed by atoms with E-state index in [0.717, 1.165) is 16.7 Å². The lowest BCUT2D eigenvalue weighted by atomic mass is 9.89. The standard InChI is InChI=1S/C22H27NO5/c1-6-22(28-5,21(23)24)17-9-7-8-15(12-17)10-11-16-13-18(25-2)20(27-4)19(14-16)26-3/h7-14H,6H2,1-5H3,(H2,23,24)/b11-10-. The quantitative estimate of drug-likeness (QED) is 0.667. The minimum absolute atomic E-state index is 0.443. The monoisotopic (exact) mass is 385 g/mol. The summed E-state index contributed by atoms with van der Waals surface area (Å²) in [5.41, 5.74) is 6.97. The lowest BCUT2D eigenvalue weighted by Gasteiger charge is -2.28. The van der Waals surface area contributed by atoms with E-state index in [4.69, 9.17) is 24.7 Å². The topological polar surface area (TPSA) is 80.0 Å². The van der Waals surface area contributed by atoms with E-state index in [9.17, 15) is 4.79 Å². The Bertz CT molecular complexity index is 831. The van der Waals surface area contributed by atoms with Crippen LogP contribution in [0.15, 0.2) is 36.4 Å². The van der Waals surface area contributed by atoms with Gasteiger partial charge < -0.3 is 24.7 Å².